The predicted molar refractivity (Wildman–Crippen MR) is 106 cm³/mol. The summed E-state index contributed by atoms with van der Waals surface area (Å²) in [4.78, 5) is 17.1. The van der Waals surface area contributed by atoms with E-state index in [1.165, 1.54) is 11.8 Å². The Bertz CT molecular complexity index is 852. The molecule has 2 aromatic rings. The molecule has 0 bridgehead atoms. The maximum atomic E-state index is 12.1. The number of aliphatic imine (C=N–C) groups is 1. The quantitative estimate of drug-likeness (QED) is 0.461. The molecule has 1 heterocycles. The van der Waals surface area contributed by atoms with Gasteiger partial charge in [-0.05, 0) is 70.3 Å². The van der Waals surface area contributed by atoms with Crippen LogP contribution < -0.4 is 5.32 Å². The van der Waals surface area contributed by atoms with Gasteiger partial charge < -0.3 is 5.32 Å². The minimum absolute atomic E-state index is 0.159. The van der Waals surface area contributed by atoms with Crippen molar-refractivity contribution >= 4 is 80.4 Å². The van der Waals surface area contributed by atoms with Crippen LogP contribution in [0.15, 0.2) is 52.4 Å². The van der Waals surface area contributed by atoms with E-state index in [1.54, 1.807) is 18.2 Å². The van der Waals surface area contributed by atoms with E-state index < -0.39 is 0 Å². The van der Waals surface area contributed by atoms with Crippen molar-refractivity contribution in [3.63, 3.8) is 0 Å². The summed E-state index contributed by atoms with van der Waals surface area (Å²) >= 11 is 15.4. The fraction of sp³-hybridized carbons (Fsp3) is 0. The average Bonchev–Trinajstić information content (AvgIpc) is 2.85. The standard InChI is InChI=1S/C16H9Cl2IN2OS/c17-11-6-5-10(8-12(11)18)20-16-21-15(22)14(23-16)7-9-3-1-2-4-13(9)19/h1-8H,(H,20,21,22)/b14-7-. The Morgan fingerprint density at radius 2 is 1.91 bits per heavy atom. The van der Waals surface area contributed by atoms with Crippen molar-refractivity contribution in [3.05, 3.63) is 66.5 Å². The number of carbonyl (C=O) groups is 1. The molecule has 0 aliphatic carbocycles. The lowest BCUT2D eigenvalue weighted by atomic mass is 10.2. The Kier molecular flexibility index (Phi) is 5.31. The third kappa shape index (κ3) is 4.09. The first-order valence-electron chi connectivity index (χ1n) is 6.52. The molecule has 1 saturated heterocycles. The molecule has 3 nitrogen and oxygen atoms in total. The molecule has 0 radical (unpaired) electrons. The van der Waals surface area contributed by atoms with Crippen LogP contribution in [0.25, 0.3) is 6.08 Å². The third-order valence-electron chi connectivity index (χ3n) is 2.98. The molecule has 1 aliphatic heterocycles. The van der Waals surface area contributed by atoms with Crippen LogP contribution in [0, 0.1) is 3.57 Å². The zero-order chi connectivity index (χ0) is 16.4. The van der Waals surface area contributed by atoms with Crippen LogP contribution in [0.2, 0.25) is 10.0 Å². The summed E-state index contributed by atoms with van der Waals surface area (Å²) in [5.74, 6) is -0.159. The molecule has 0 unspecified atom stereocenters. The lowest BCUT2D eigenvalue weighted by molar-refractivity contribution is -0.115. The molecular weight excluding hydrogens is 466 g/mol. The van der Waals surface area contributed by atoms with E-state index in [0.717, 1.165) is 9.13 Å². The fourth-order valence-corrected chi connectivity index (χ4v) is 3.55. The monoisotopic (exact) mass is 474 g/mol. The van der Waals surface area contributed by atoms with Crippen molar-refractivity contribution in [2.24, 2.45) is 4.99 Å². The van der Waals surface area contributed by atoms with Crippen LogP contribution in [0.3, 0.4) is 0 Å². The highest BCUT2D eigenvalue weighted by molar-refractivity contribution is 14.1. The minimum Gasteiger partial charge on any atom is -0.300 e. The number of halogens is 3. The van der Waals surface area contributed by atoms with Crippen molar-refractivity contribution in [3.8, 4) is 0 Å². The number of benzene rings is 2. The van der Waals surface area contributed by atoms with E-state index in [2.05, 4.69) is 32.9 Å². The van der Waals surface area contributed by atoms with Gasteiger partial charge in [0.2, 0.25) is 0 Å². The Labute approximate surface area is 161 Å². The number of amides is 1. The van der Waals surface area contributed by atoms with Crippen LogP contribution in [-0.2, 0) is 4.79 Å². The van der Waals surface area contributed by atoms with Gasteiger partial charge in [0.1, 0.15) is 0 Å². The van der Waals surface area contributed by atoms with E-state index in [4.69, 9.17) is 23.2 Å². The summed E-state index contributed by atoms with van der Waals surface area (Å²) in [5, 5.41) is 4.17. The van der Waals surface area contributed by atoms with Crippen molar-refractivity contribution in [1.29, 1.82) is 0 Å². The molecule has 2 aromatic carbocycles. The molecule has 1 aliphatic rings. The molecule has 116 valence electrons. The maximum Gasteiger partial charge on any atom is 0.264 e. The average molecular weight is 475 g/mol. The molecule has 0 saturated carbocycles. The highest BCUT2D eigenvalue weighted by Gasteiger charge is 2.24. The van der Waals surface area contributed by atoms with E-state index in [0.29, 0.717) is 25.8 Å². The van der Waals surface area contributed by atoms with Gasteiger partial charge in [-0.1, -0.05) is 41.4 Å². The van der Waals surface area contributed by atoms with Gasteiger partial charge >= 0.3 is 0 Å². The molecule has 3 rings (SSSR count). The predicted octanol–water partition coefficient (Wildman–Crippen LogP) is 5.49. The van der Waals surface area contributed by atoms with E-state index >= 15 is 0 Å². The van der Waals surface area contributed by atoms with Crippen LogP contribution in [0.1, 0.15) is 5.56 Å². The van der Waals surface area contributed by atoms with E-state index in [9.17, 15) is 4.79 Å². The van der Waals surface area contributed by atoms with Gasteiger partial charge in [0.25, 0.3) is 5.91 Å². The van der Waals surface area contributed by atoms with E-state index in [1.807, 2.05) is 30.3 Å². The fourth-order valence-electron chi connectivity index (χ4n) is 1.89. The first-order valence-corrected chi connectivity index (χ1v) is 9.17. The highest BCUT2D eigenvalue weighted by Crippen LogP contribution is 2.31. The van der Waals surface area contributed by atoms with Crippen LogP contribution in [-0.4, -0.2) is 11.1 Å². The number of carbonyl (C=O) groups excluding carboxylic acids is 1. The van der Waals surface area contributed by atoms with Crippen molar-refractivity contribution in [1.82, 2.24) is 5.32 Å². The first-order chi connectivity index (χ1) is 11.0. The third-order valence-corrected chi connectivity index (χ3v) is 5.61. The van der Waals surface area contributed by atoms with Gasteiger partial charge in [-0.2, -0.15) is 0 Å². The Morgan fingerprint density at radius 3 is 2.65 bits per heavy atom. The maximum absolute atomic E-state index is 12.1. The summed E-state index contributed by atoms with van der Waals surface area (Å²) in [6.07, 6.45) is 1.86. The summed E-state index contributed by atoms with van der Waals surface area (Å²) in [6, 6.07) is 12.9. The number of nitrogens with one attached hydrogen (secondary N) is 1. The van der Waals surface area contributed by atoms with Gasteiger partial charge in [-0.25, -0.2) is 4.99 Å². The topological polar surface area (TPSA) is 41.5 Å². The molecule has 1 N–H and O–H groups in total. The smallest absolute Gasteiger partial charge is 0.264 e. The molecule has 0 atom stereocenters. The van der Waals surface area contributed by atoms with Gasteiger partial charge in [0.15, 0.2) is 5.17 Å². The summed E-state index contributed by atoms with van der Waals surface area (Å²) in [6.45, 7) is 0. The molecule has 1 amide bonds. The summed E-state index contributed by atoms with van der Waals surface area (Å²) in [7, 11) is 0. The number of hydrogen-bond donors (Lipinski definition) is 1. The number of rotatable bonds is 2. The lowest BCUT2D eigenvalue weighted by Gasteiger charge is -1.99. The normalized spacial score (nSPS) is 17.8. The van der Waals surface area contributed by atoms with Crippen LogP contribution in [0.5, 0.6) is 0 Å². The zero-order valence-electron chi connectivity index (χ0n) is 11.5. The van der Waals surface area contributed by atoms with E-state index in [-0.39, 0.29) is 5.91 Å². The zero-order valence-corrected chi connectivity index (χ0v) is 16.0. The Balaban J connectivity index is 1.86. The molecule has 7 heteroatoms. The molecule has 0 spiro atoms. The summed E-state index contributed by atoms with van der Waals surface area (Å²) < 4.78 is 1.08. The first kappa shape index (κ1) is 16.8. The highest BCUT2D eigenvalue weighted by atomic mass is 127. The second kappa shape index (κ2) is 7.25. The second-order valence-electron chi connectivity index (χ2n) is 4.60. The van der Waals surface area contributed by atoms with Gasteiger partial charge in [0.05, 0.1) is 20.6 Å². The second-order valence-corrected chi connectivity index (χ2v) is 7.61. The summed E-state index contributed by atoms with van der Waals surface area (Å²) in [5.41, 5.74) is 1.64. The minimum atomic E-state index is -0.159. The van der Waals surface area contributed by atoms with Crippen molar-refractivity contribution in [2.75, 3.05) is 0 Å². The Hall–Kier alpha value is -1.02. The Morgan fingerprint density at radius 1 is 1.13 bits per heavy atom. The molecule has 0 aromatic heterocycles. The number of hydrogen-bond acceptors (Lipinski definition) is 3. The lowest BCUT2D eigenvalue weighted by Crippen LogP contribution is -2.19. The SMILES string of the molecule is O=C1NC(=Nc2ccc(Cl)c(Cl)c2)S/C1=C\c1ccccc1I. The molecular formula is C16H9Cl2IN2OS. The number of thioether (sulfide) groups is 1. The van der Waals surface area contributed by atoms with Crippen molar-refractivity contribution in [2.45, 2.75) is 0 Å². The van der Waals surface area contributed by atoms with Gasteiger partial charge in [0, 0.05) is 3.57 Å². The van der Waals surface area contributed by atoms with Crippen molar-refractivity contribution < 1.29 is 4.79 Å². The molecule has 1 fully saturated rings. The largest absolute Gasteiger partial charge is 0.300 e. The van der Waals surface area contributed by atoms with Gasteiger partial charge in [-0.15, -0.1) is 0 Å². The van der Waals surface area contributed by atoms with Crippen LogP contribution >= 0.6 is 57.6 Å². The van der Waals surface area contributed by atoms with Gasteiger partial charge in [-0.3, -0.25) is 4.79 Å². The molecule has 23 heavy (non-hydrogen) atoms. The number of amidine groups is 1. The van der Waals surface area contributed by atoms with Crippen LogP contribution in [0.4, 0.5) is 5.69 Å². The number of nitrogens with zero attached hydrogens (tertiary/aromatic N) is 1.